The summed E-state index contributed by atoms with van der Waals surface area (Å²) in [4.78, 5) is 29.4. The van der Waals surface area contributed by atoms with Gasteiger partial charge in [0.1, 0.15) is 17.5 Å². The zero-order valence-corrected chi connectivity index (χ0v) is 17.1. The zero-order chi connectivity index (χ0) is 22.2. The Hall–Kier alpha value is -4.39. The van der Waals surface area contributed by atoms with Crippen molar-refractivity contribution < 1.29 is 18.7 Å². The van der Waals surface area contributed by atoms with Gasteiger partial charge in [-0.3, -0.25) is 14.6 Å². The molecule has 0 aliphatic heterocycles. The van der Waals surface area contributed by atoms with Gasteiger partial charge < -0.3 is 19.8 Å². The Kier molecular flexibility index (Phi) is 6.57. The molecule has 0 bridgehead atoms. The van der Waals surface area contributed by atoms with Gasteiger partial charge in [-0.25, -0.2) is 0 Å². The van der Waals surface area contributed by atoms with E-state index in [9.17, 15) is 9.59 Å². The fourth-order valence-corrected chi connectivity index (χ4v) is 3.07. The average Bonchev–Trinajstić information content (AvgIpc) is 3.36. The van der Waals surface area contributed by atoms with Gasteiger partial charge in [-0.2, -0.15) is 0 Å². The maximum atomic E-state index is 13.0. The fraction of sp³-hybridized carbons (Fsp3) is 0.0800. The van der Waals surface area contributed by atoms with Gasteiger partial charge in [0.15, 0.2) is 5.76 Å². The van der Waals surface area contributed by atoms with Crippen LogP contribution in [0.3, 0.4) is 0 Å². The Balaban J connectivity index is 1.44. The van der Waals surface area contributed by atoms with E-state index in [1.54, 1.807) is 60.9 Å². The van der Waals surface area contributed by atoms with Gasteiger partial charge in [-0.1, -0.05) is 30.3 Å². The maximum Gasteiger partial charge on any atom is 0.287 e. The van der Waals surface area contributed by atoms with Crippen molar-refractivity contribution in [1.29, 1.82) is 0 Å². The molecular formula is C25H21N3O4. The lowest BCUT2D eigenvalue weighted by Gasteiger charge is -2.18. The molecule has 0 aliphatic carbocycles. The van der Waals surface area contributed by atoms with Gasteiger partial charge in [0.2, 0.25) is 5.91 Å². The van der Waals surface area contributed by atoms with E-state index in [1.807, 2.05) is 30.3 Å². The number of carbonyl (C=O) groups is 2. The standard InChI is InChI=1S/C25H21N3O4/c29-24(27-19-8-10-20(11-9-19)32-21-12-14-26-15-13-21)22(17-18-5-2-1-3-6-18)28-25(30)23-7-4-16-31-23/h1-16,22H,17H2,(H,27,29)(H,28,30). The molecule has 2 heterocycles. The van der Waals surface area contributed by atoms with Crippen molar-refractivity contribution in [2.75, 3.05) is 5.32 Å². The third-order valence-corrected chi connectivity index (χ3v) is 4.66. The molecule has 7 heteroatoms. The molecule has 0 saturated carbocycles. The van der Waals surface area contributed by atoms with Gasteiger partial charge in [-0.05, 0) is 54.1 Å². The SMILES string of the molecule is O=C(NC(Cc1ccccc1)C(=O)Nc1ccc(Oc2ccncc2)cc1)c1ccco1. The van der Waals surface area contributed by atoms with Crippen LogP contribution in [0.5, 0.6) is 11.5 Å². The fourth-order valence-electron chi connectivity index (χ4n) is 3.07. The van der Waals surface area contributed by atoms with E-state index in [0.717, 1.165) is 5.56 Å². The number of hydrogen-bond acceptors (Lipinski definition) is 5. The Labute approximate surface area is 185 Å². The largest absolute Gasteiger partial charge is 0.459 e. The predicted molar refractivity (Wildman–Crippen MR) is 119 cm³/mol. The van der Waals surface area contributed by atoms with Crippen LogP contribution in [0, 0.1) is 0 Å². The van der Waals surface area contributed by atoms with Crippen molar-refractivity contribution in [3.05, 3.63) is 109 Å². The number of hydrogen-bond donors (Lipinski definition) is 2. The van der Waals surface area contributed by atoms with Gasteiger partial charge in [0, 0.05) is 24.5 Å². The van der Waals surface area contributed by atoms with E-state index < -0.39 is 11.9 Å². The number of benzene rings is 2. The summed E-state index contributed by atoms with van der Waals surface area (Å²) in [7, 11) is 0. The number of nitrogens with one attached hydrogen (secondary N) is 2. The van der Waals surface area contributed by atoms with Crippen LogP contribution in [0.2, 0.25) is 0 Å². The number of amides is 2. The lowest BCUT2D eigenvalue weighted by Crippen LogP contribution is -2.45. The van der Waals surface area contributed by atoms with Crippen LogP contribution in [-0.4, -0.2) is 22.8 Å². The van der Waals surface area contributed by atoms with E-state index in [-0.39, 0.29) is 11.7 Å². The van der Waals surface area contributed by atoms with E-state index in [4.69, 9.17) is 9.15 Å². The predicted octanol–water partition coefficient (Wildman–Crippen LogP) is 4.45. The van der Waals surface area contributed by atoms with Gasteiger partial charge in [0.25, 0.3) is 5.91 Å². The van der Waals surface area contributed by atoms with Crippen LogP contribution >= 0.6 is 0 Å². The molecule has 0 saturated heterocycles. The zero-order valence-electron chi connectivity index (χ0n) is 17.1. The Morgan fingerprint density at radius 3 is 2.28 bits per heavy atom. The first-order valence-electron chi connectivity index (χ1n) is 10.0. The summed E-state index contributed by atoms with van der Waals surface area (Å²) in [6, 6.07) is 22.4. The number of nitrogens with zero attached hydrogens (tertiary/aromatic N) is 1. The second-order valence-electron chi connectivity index (χ2n) is 6.99. The van der Waals surface area contributed by atoms with Crippen LogP contribution in [0.4, 0.5) is 5.69 Å². The summed E-state index contributed by atoms with van der Waals surface area (Å²) < 4.78 is 10.9. The molecule has 4 aromatic rings. The highest BCUT2D eigenvalue weighted by Gasteiger charge is 2.23. The monoisotopic (exact) mass is 427 g/mol. The van der Waals surface area contributed by atoms with Crippen molar-refractivity contribution in [1.82, 2.24) is 10.3 Å². The van der Waals surface area contributed by atoms with Crippen molar-refractivity contribution in [2.24, 2.45) is 0 Å². The maximum absolute atomic E-state index is 13.0. The first-order valence-corrected chi connectivity index (χ1v) is 10.0. The number of anilines is 1. The topological polar surface area (TPSA) is 93.5 Å². The highest BCUT2D eigenvalue weighted by Crippen LogP contribution is 2.22. The van der Waals surface area contributed by atoms with Crippen LogP contribution in [-0.2, 0) is 11.2 Å². The summed E-state index contributed by atoms with van der Waals surface area (Å²) in [5, 5.41) is 5.61. The van der Waals surface area contributed by atoms with Crippen molar-refractivity contribution >= 4 is 17.5 Å². The smallest absolute Gasteiger partial charge is 0.287 e. The second-order valence-corrected chi connectivity index (χ2v) is 6.99. The molecule has 2 aromatic carbocycles. The molecule has 2 amide bonds. The molecule has 2 aromatic heterocycles. The minimum atomic E-state index is -0.789. The molecule has 32 heavy (non-hydrogen) atoms. The van der Waals surface area contributed by atoms with E-state index >= 15 is 0 Å². The molecule has 0 fully saturated rings. The summed E-state index contributed by atoms with van der Waals surface area (Å²) in [6.07, 6.45) is 5.04. The lowest BCUT2D eigenvalue weighted by molar-refractivity contribution is -0.118. The number of rotatable bonds is 8. The first kappa shape index (κ1) is 20.9. The summed E-state index contributed by atoms with van der Waals surface area (Å²) in [5.74, 6) is 0.652. The van der Waals surface area contributed by atoms with Crippen molar-refractivity contribution in [2.45, 2.75) is 12.5 Å². The molecule has 7 nitrogen and oxygen atoms in total. The summed E-state index contributed by atoms with van der Waals surface area (Å²) >= 11 is 0. The lowest BCUT2D eigenvalue weighted by atomic mass is 10.0. The molecule has 0 radical (unpaired) electrons. The molecular weight excluding hydrogens is 406 g/mol. The molecule has 0 spiro atoms. The Morgan fingerprint density at radius 1 is 0.875 bits per heavy atom. The second kappa shape index (κ2) is 10.1. The number of pyridine rings is 1. The minimum absolute atomic E-state index is 0.147. The quantitative estimate of drug-likeness (QED) is 0.433. The normalized spacial score (nSPS) is 11.4. The van der Waals surface area contributed by atoms with Crippen LogP contribution in [0.15, 0.2) is 102 Å². The van der Waals surface area contributed by atoms with E-state index in [2.05, 4.69) is 15.6 Å². The highest BCUT2D eigenvalue weighted by molar-refractivity contribution is 6.00. The summed E-state index contributed by atoms with van der Waals surface area (Å²) in [6.45, 7) is 0. The first-order chi connectivity index (χ1) is 15.7. The molecule has 1 unspecified atom stereocenters. The van der Waals surface area contributed by atoms with Gasteiger partial charge in [0.05, 0.1) is 6.26 Å². The van der Waals surface area contributed by atoms with Crippen LogP contribution in [0.1, 0.15) is 16.1 Å². The molecule has 0 aliphatic rings. The minimum Gasteiger partial charge on any atom is -0.459 e. The number of furan rings is 1. The van der Waals surface area contributed by atoms with Crippen LogP contribution in [0.25, 0.3) is 0 Å². The Bertz CT molecular complexity index is 1150. The summed E-state index contributed by atoms with van der Waals surface area (Å²) in [5.41, 5.74) is 1.51. The molecule has 4 rings (SSSR count). The number of ether oxygens (including phenoxy) is 1. The van der Waals surface area contributed by atoms with E-state index in [0.29, 0.717) is 23.6 Å². The van der Waals surface area contributed by atoms with Crippen LogP contribution < -0.4 is 15.4 Å². The number of carbonyl (C=O) groups excluding carboxylic acids is 2. The van der Waals surface area contributed by atoms with Crippen molar-refractivity contribution in [3.8, 4) is 11.5 Å². The average molecular weight is 427 g/mol. The third kappa shape index (κ3) is 5.60. The molecule has 160 valence electrons. The van der Waals surface area contributed by atoms with Gasteiger partial charge in [-0.15, -0.1) is 0 Å². The van der Waals surface area contributed by atoms with E-state index in [1.165, 1.54) is 6.26 Å². The highest BCUT2D eigenvalue weighted by atomic mass is 16.5. The van der Waals surface area contributed by atoms with Crippen molar-refractivity contribution in [3.63, 3.8) is 0 Å². The Morgan fingerprint density at radius 2 is 1.59 bits per heavy atom. The third-order valence-electron chi connectivity index (χ3n) is 4.66. The number of aromatic nitrogens is 1. The van der Waals surface area contributed by atoms with Gasteiger partial charge >= 0.3 is 0 Å². The molecule has 2 N–H and O–H groups in total. The molecule has 1 atom stereocenters.